The van der Waals surface area contributed by atoms with Crippen molar-refractivity contribution in [1.29, 1.82) is 0 Å². The van der Waals surface area contributed by atoms with Crippen LogP contribution in [0.5, 0.6) is 0 Å². The zero-order valence-electron chi connectivity index (χ0n) is 9.08. The largest absolute Gasteiger partial charge is 0.380 e. The van der Waals surface area contributed by atoms with Crippen LogP contribution in [0.4, 0.5) is 0 Å². The van der Waals surface area contributed by atoms with Crippen LogP contribution in [-0.4, -0.2) is 30.6 Å². The third-order valence-corrected chi connectivity index (χ3v) is 2.59. The Hall–Kier alpha value is -1.62. The van der Waals surface area contributed by atoms with Gasteiger partial charge in [-0.15, -0.1) is 0 Å². The van der Waals surface area contributed by atoms with Crippen molar-refractivity contribution in [1.82, 2.24) is 10.3 Å². The number of pyridine rings is 1. The van der Waals surface area contributed by atoms with Gasteiger partial charge in [0.1, 0.15) is 5.69 Å². The number of rotatable bonds is 3. The molecule has 2 N–H and O–H groups in total. The van der Waals surface area contributed by atoms with E-state index in [0.29, 0.717) is 19.8 Å². The van der Waals surface area contributed by atoms with Gasteiger partial charge in [0.25, 0.3) is 5.91 Å². The SMILES string of the molecule is CC1(CNC(=O)c2cccc(=O)[nH]2)COC1. The number of H-pyrrole nitrogens is 1. The van der Waals surface area contributed by atoms with Crippen LogP contribution in [0.3, 0.4) is 0 Å². The number of carbonyl (C=O) groups excluding carboxylic acids is 1. The maximum absolute atomic E-state index is 11.7. The number of nitrogens with one attached hydrogen (secondary N) is 2. The lowest BCUT2D eigenvalue weighted by Gasteiger charge is -2.37. The molecule has 86 valence electrons. The van der Waals surface area contributed by atoms with Gasteiger partial charge in [0.15, 0.2) is 0 Å². The van der Waals surface area contributed by atoms with Gasteiger partial charge in [-0.1, -0.05) is 13.0 Å². The van der Waals surface area contributed by atoms with Gasteiger partial charge in [-0.25, -0.2) is 0 Å². The average Bonchev–Trinajstić information content (AvgIpc) is 2.23. The smallest absolute Gasteiger partial charge is 0.267 e. The minimum absolute atomic E-state index is 0.0325. The molecule has 1 fully saturated rings. The summed E-state index contributed by atoms with van der Waals surface area (Å²) in [6, 6.07) is 4.51. The van der Waals surface area contributed by atoms with Crippen molar-refractivity contribution in [2.45, 2.75) is 6.92 Å². The summed E-state index contributed by atoms with van der Waals surface area (Å²) in [6.07, 6.45) is 0. The monoisotopic (exact) mass is 222 g/mol. The molecule has 0 spiro atoms. The van der Waals surface area contributed by atoms with E-state index in [9.17, 15) is 9.59 Å². The van der Waals surface area contributed by atoms with E-state index in [1.165, 1.54) is 6.07 Å². The molecule has 1 aromatic rings. The Kier molecular flexibility index (Phi) is 2.78. The summed E-state index contributed by atoms with van der Waals surface area (Å²) in [4.78, 5) is 25.1. The summed E-state index contributed by atoms with van der Waals surface area (Å²) in [7, 11) is 0. The van der Waals surface area contributed by atoms with Crippen LogP contribution in [-0.2, 0) is 4.74 Å². The molecule has 0 atom stereocenters. The van der Waals surface area contributed by atoms with Crippen LogP contribution in [0.15, 0.2) is 23.0 Å². The van der Waals surface area contributed by atoms with Crippen LogP contribution >= 0.6 is 0 Å². The van der Waals surface area contributed by atoms with Gasteiger partial charge < -0.3 is 15.0 Å². The van der Waals surface area contributed by atoms with E-state index in [1.54, 1.807) is 12.1 Å². The van der Waals surface area contributed by atoms with Gasteiger partial charge in [0.05, 0.1) is 13.2 Å². The molecule has 16 heavy (non-hydrogen) atoms. The number of hydrogen-bond acceptors (Lipinski definition) is 3. The number of aromatic nitrogens is 1. The first-order valence-corrected chi connectivity index (χ1v) is 5.14. The highest BCUT2D eigenvalue weighted by Crippen LogP contribution is 2.25. The van der Waals surface area contributed by atoms with Crippen LogP contribution in [0, 0.1) is 5.41 Å². The van der Waals surface area contributed by atoms with Crippen LogP contribution in [0.2, 0.25) is 0 Å². The number of hydrogen-bond donors (Lipinski definition) is 2. The Labute approximate surface area is 92.8 Å². The topological polar surface area (TPSA) is 71.2 Å². The Morgan fingerprint density at radius 1 is 1.56 bits per heavy atom. The summed E-state index contributed by atoms with van der Waals surface area (Å²) in [6.45, 7) is 3.93. The Balaban J connectivity index is 1.95. The van der Waals surface area contributed by atoms with Gasteiger partial charge in [-0.3, -0.25) is 9.59 Å². The van der Waals surface area contributed by atoms with Crippen molar-refractivity contribution in [3.05, 3.63) is 34.2 Å². The Bertz CT molecular complexity index is 449. The zero-order chi connectivity index (χ0) is 11.6. The van der Waals surface area contributed by atoms with Crippen molar-refractivity contribution >= 4 is 5.91 Å². The standard InChI is InChI=1S/C11H14N2O3/c1-11(6-16-7-11)5-12-10(15)8-3-2-4-9(14)13-8/h2-4H,5-7H2,1H3,(H,12,15)(H,13,14). The Morgan fingerprint density at radius 3 is 2.88 bits per heavy atom. The number of amides is 1. The second-order valence-corrected chi connectivity index (χ2v) is 4.41. The molecule has 0 bridgehead atoms. The maximum Gasteiger partial charge on any atom is 0.267 e. The van der Waals surface area contributed by atoms with Crippen molar-refractivity contribution in [3.8, 4) is 0 Å². The highest BCUT2D eigenvalue weighted by molar-refractivity contribution is 5.92. The predicted molar refractivity (Wildman–Crippen MR) is 58.3 cm³/mol. The first kappa shape index (κ1) is 10.9. The molecule has 1 saturated heterocycles. The molecule has 1 aliphatic rings. The summed E-state index contributed by atoms with van der Waals surface area (Å²) >= 11 is 0. The quantitative estimate of drug-likeness (QED) is 0.764. The molecule has 1 aromatic heterocycles. The van der Waals surface area contributed by atoms with Gasteiger partial charge >= 0.3 is 0 Å². The molecule has 0 unspecified atom stereocenters. The van der Waals surface area contributed by atoms with E-state index < -0.39 is 0 Å². The number of ether oxygens (including phenoxy) is 1. The molecular formula is C11H14N2O3. The molecule has 0 radical (unpaired) electrons. The molecular weight excluding hydrogens is 208 g/mol. The number of carbonyl (C=O) groups is 1. The molecule has 5 nitrogen and oxygen atoms in total. The van der Waals surface area contributed by atoms with Gasteiger partial charge in [-0.05, 0) is 6.07 Å². The third-order valence-electron chi connectivity index (χ3n) is 2.59. The van der Waals surface area contributed by atoms with E-state index in [2.05, 4.69) is 10.3 Å². The molecule has 0 saturated carbocycles. The van der Waals surface area contributed by atoms with Crippen LogP contribution < -0.4 is 10.9 Å². The summed E-state index contributed by atoms with van der Waals surface area (Å²) in [5.74, 6) is -0.258. The van der Waals surface area contributed by atoms with Crippen molar-refractivity contribution < 1.29 is 9.53 Å². The van der Waals surface area contributed by atoms with E-state index in [4.69, 9.17) is 4.74 Å². The summed E-state index contributed by atoms with van der Waals surface area (Å²) in [5, 5.41) is 2.78. The summed E-state index contributed by atoms with van der Waals surface area (Å²) in [5.41, 5.74) is 0.0484. The van der Waals surface area contributed by atoms with Gasteiger partial charge in [0.2, 0.25) is 5.56 Å². The van der Waals surface area contributed by atoms with E-state index in [-0.39, 0.29) is 22.6 Å². The molecule has 2 rings (SSSR count). The normalized spacial score (nSPS) is 17.6. The molecule has 1 amide bonds. The van der Waals surface area contributed by atoms with Gasteiger partial charge in [-0.2, -0.15) is 0 Å². The Morgan fingerprint density at radius 2 is 2.31 bits per heavy atom. The first-order valence-electron chi connectivity index (χ1n) is 5.14. The lowest BCUT2D eigenvalue weighted by Crippen LogP contribution is -2.48. The minimum Gasteiger partial charge on any atom is -0.380 e. The highest BCUT2D eigenvalue weighted by atomic mass is 16.5. The van der Waals surface area contributed by atoms with E-state index >= 15 is 0 Å². The lowest BCUT2D eigenvalue weighted by molar-refractivity contribution is -0.0978. The fourth-order valence-corrected chi connectivity index (χ4v) is 1.52. The molecule has 5 heteroatoms. The molecule has 2 heterocycles. The second kappa shape index (κ2) is 4.09. The number of aromatic amines is 1. The summed E-state index contributed by atoms with van der Waals surface area (Å²) < 4.78 is 5.09. The maximum atomic E-state index is 11.7. The molecule has 0 aromatic carbocycles. The van der Waals surface area contributed by atoms with E-state index in [0.717, 1.165) is 0 Å². The fraction of sp³-hybridized carbons (Fsp3) is 0.455. The second-order valence-electron chi connectivity index (χ2n) is 4.41. The third kappa shape index (κ3) is 2.30. The minimum atomic E-state index is -0.272. The van der Waals surface area contributed by atoms with Gasteiger partial charge in [0, 0.05) is 18.0 Å². The highest BCUT2D eigenvalue weighted by Gasteiger charge is 2.33. The van der Waals surface area contributed by atoms with Crippen molar-refractivity contribution in [2.75, 3.05) is 19.8 Å². The van der Waals surface area contributed by atoms with Crippen molar-refractivity contribution in [3.63, 3.8) is 0 Å². The van der Waals surface area contributed by atoms with E-state index in [1.807, 2.05) is 6.92 Å². The van der Waals surface area contributed by atoms with Crippen LogP contribution in [0.25, 0.3) is 0 Å². The molecule has 0 aliphatic carbocycles. The fourth-order valence-electron chi connectivity index (χ4n) is 1.52. The van der Waals surface area contributed by atoms with Crippen LogP contribution in [0.1, 0.15) is 17.4 Å². The lowest BCUT2D eigenvalue weighted by atomic mass is 9.89. The average molecular weight is 222 g/mol. The first-order chi connectivity index (χ1) is 7.59. The predicted octanol–water partition coefficient (Wildman–Crippen LogP) is 0.141. The van der Waals surface area contributed by atoms with Crippen molar-refractivity contribution in [2.24, 2.45) is 5.41 Å². The zero-order valence-corrected chi connectivity index (χ0v) is 9.08. The molecule has 1 aliphatic heterocycles.